The van der Waals surface area contributed by atoms with E-state index in [0.717, 1.165) is 24.8 Å². The molecule has 0 aromatic carbocycles. The van der Waals surface area contributed by atoms with Gasteiger partial charge >= 0.3 is 0 Å². The quantitative estimate of drug-likeness (QED) is 0.514. The molecule has 0 unspecified atom stereocenters. The molecule has 1 aromatic rings. The van der Waals surface area contributed by atoms with E-state index in [-0.39, 0.29) is 5.78 Å². The summed E-state index contributed by atoms with van der Waals surface area (Å²) in [5.74, 6) is 0.210. The average molecular weight is 180 g/mol. The van der Waals surface area contributed by atoms with Crippen LogP contribution in [0.25, 0.3) is 0 Å². The summed E-state index contributed by atoms with van der Waals surface area (Å²) in [6.07, 6.45) is 7.33. The van der Waals surface area contributed by atoms with E-state index in [1.54, 1.807) is 17.1 Å². The number of carbonyl (C=O) groups excluding carboxylic acids is 1. The zero-order valence-corrected chi connectivity index (χ0v) is 8.29. The number of carbonyl (C=O) groups is 1. The van der Waals surface area contributed by atoms with Crippen molar-refractivity contribution >= 4 is 5.78 Å². The van der Waals surface area contributed by atoms with Gasteiger partial charge < -0.3 is 0 Å². The fourth-order valence-electron chi connectivity index (χ4n) is 1.25. The largest absolute Gasteiger partial charge is 0.294 e. The number of nitrogens with zero attached hydrogens (tertiary/aromatic N) is 2. The third kappa shape index (κ3) is 3.01. The molecule has 0 bridgehead atoms. The fraction of sp³-hybridized carbons (Fsp3) is 0.600. The SMILES string of the molecule is CCCCCC(=O)c1cnn(C)c1. The van der Waals surface area contributed by atoms with Crippen LogP contribution in [-0.2, 0) is 7.05 Å². The molecule has 0 atom stereocenters. The van der Waals surface area contributed by atoms with Crippen molar-refractivity contribution in [2.24, 2.45) is 7.05 Å². The Morgan fingerprint density at radius 3 is 2.85 bits per heavy atom. The maximum Gasteiger partial charge on any atom is 0.166 e. The number of unbranched alkanes of at least 4 members (excludes halogenated alkanes) is 2. The predicted octanol–water partition coefficient (Wildman–Crippen LogP) is 2.18. The molecule has 1 rings (SSSR count). The third-order valence-corrected chi connectivity index (χ3v) is 2.03. The first-order valence-electron chi connectivity index (χ1n) is 4.76. The van der Waals surface area contributed by atoms with E-state index in [1.807, 2.05) is 7.05 Å². The Labute approximate surface area is 78.8 Å². The topological polar surface area (TPSA) is 34.9 Å². The number of hydrogen-bond acceptors (Lipinski definition) is 2. The van der Waals surface area contributed by atoms with Gasteiger partial charge in [-0.2, -0.15) is 5.10 Å². The second kappa shape index (κ2) is 4.80. The van der Waals surface area contributed by atoms with Gasteiger partial charge in [-0.3, -0.25) is 9.48 Å². The molecule has 0 N–H and O–H groups in total. The van der Waals surface area contributed by atoms with Gasteiger partial charge in [0.1, 0.15) is 0 Å². The minimum Gasteiger partial charge on any atom is -0.294 e. The van der Waals surface area contributed by atoms with Gasteiger partial charge in [-0.15, -0.1) is 0 Å². The van der Waals surface area contributed by atoms with E-state index < -0.39 is 0 Å². The summed E-state index contributed by atoms with van der Waals surface area (Å²) >= 11 is 0. The zero-order chi connectivity index (χ0) is 9.68. The molecule has 0 amide bonds. The molecule has 1 heterocycles. The average Bonchev–Trinajstić information content (AvgIpc) is 2.52. The summed E-state index contributed by atoms with van der Waals surface area (Å²) in [5, 5.41) is 3.96. The van der Waals surface area contributed by atoms with Gasteiger partial charge in [0.25, 0.3) is 0 Å². The van der Waals surface area contributed by atoms with Crippen LogP contribution >= 0.6 is 0 Å². The summed E-state index contributed by atoms with van der Waals surface area (Å²) in [6.45, 7) is 2.13. The monoisotopic (exact) mass is 180 g/mol. The third-order valence-electron chi connectivity index (χ3n) is 2.03. The molecule has 13 heavy (non-hydrogen) atoms. The molecule has 0 aliphatic rings. The van der Waals surface area contributed by atoms with Crippen molar-refractivity contribution in [2.75, 3.05) is 0 Å². The Morgan fingerprint density at radius 2 is 2.31 bits per heavy atom. The number of hydrogen-bond donors (Lipinski definition) is 0. The number of Topliss-reactive ketones (excluding diaryl/α,β-unsaturated/α-hetero) is 1. The maximum absolute atomic E-state index is 11.5. The maximum atomic E-state index is 11.5. The molecule has 0 saturated carbocycles. The standard InChI is InChI=1S/C10H16N2O/c1-3-4-5-6-10(13)9-7-11-12(2)8-9/h7-8H,3-6H2,1-2H3. The van der Waals surface area contributed by atoms with Gasteiger partial charge in [0, 0.05) is 19.7 Å². The first-order valence-corrected chi connectivity index (χ1v) is 4.76. The molecule has 0 radical (unpaired) electrons. The van der Waals surface area contributed by atoms with Crippen molar-refractivity contribution in [3.8, 4) is 0 Å². The van der Waals surface area contributed by atoms with Crippen molar-refractivity contribution < 1.29 is 4.79 Å². The van der Waals surface area contributed by atoms with E-state index in [1.165, 1.54) is 0 Å². The molecule has 3 nitrogen and oxygen atoms in total. The van der Waals surface area contributed by atoms with Gasteiger partial charge in [-0.1, -0.05) is 19.8 Å². The number of rotatable bonds is 5. The van der Waals surface area contributed by atoms with Crippen LogP contribution in [0, 0.1) is 0 Å². The molecular weight excluding hydrogens is 164 g/mol. The summed E-state index contributed by atoms with van der Waals surface area (Å²) < 4.78 is 1.66. The number of aryl methyl sites for hydroxylation is 1. The molecular formula is C10H16N2O. The van der Waals surface area contributed by atoms with Crippen LogP contribution in [0.2, 0.25) is 0 Å². The van der Waals surface area contributed by atoms with Gasteiger partial charge in [-0.25, -0.2) is 0 Å². The zero-order valence-electron chi connectivity index (χ0n) is 8.29. The van der Waals surface area contributed by atoms with Gasteiger partial charge in [0.05, 0.1) is 11.8 Å². The van der Waals surface area contributed by atoms with E-state index in [0.29, 0.717) is 6.42 Å². The van der Waals surface area contributed by atoms with Crippen LogP contribution in [0.5, 0.6) is 0 Å². The van der Waals surface area contributed by atoms with Crippen LogP contribution in [0.15, 0.2) is 12.4 Å². The lowest BCUT2D eigenvalue weighted by molar-refractivity contribution is 0.0979. The lowest BCUT2D eigenvalue weighted by atomic mass is 10.1. The Bertz CT molecular complexity index is 278. The van der Waals surface area contributed by atoms with Crippen LogP contribution in [-0.4, -0.2) is 15.6 Å². The molecule has 0 saturated heterocycles. The Kier molecular flexibility index (Phi) is 3.68. The molecule has 0 aliphatic carbocycles. The molecule has 0 aliphatic heterocycles. The smallest absolute Gasteiger partial charge is 0.166 e. The van der Waals surface area contributed by atoms with Crippen molar-refractivity contribution in [3.05, 3.63) is 18.0 Å². The molecule has 3 heteroatoms. The predicted molar refractivity (Wildman–Crippen MR) is 51.7 cm³/mol. The highest BCUT2D eigenvalue weighted by Crippen LogP contribution is 2.06. The lowest BCUT2D eigenvalue weighted by Crippen LogP contribution is -1.97. The van der Waals surface area contributed by atoms with Crippen molar-refractivity contribution in [1.29, 1.82) is 0 Å². The lowest BCUT2D eigenvalue weighted by Gasteiger charge is -1.95. The van der Waals surface area contributed by atoms with Crippen LogP contribution in [0.1, 0.15) is 43.0 Å². The molecule has 0 fully saturated rings. The van der Waals surface area contributed by atoms with Crippen LogP contribution in [0.3, 0.4) is 0 Å². The first-order chi connectivity index (χ1) is 6.24. The Hall–Kier alpha value is -1.12. The number of ketones is 1. The van der Waals surface area contributed by atoms with Crippen molar-refractivity contribution in [3.63, 3.8) is 0 Å². The van der Waals surface area contributed by atoms with E-state index >= 15 is 0 Å². The molecule has 1 aromatic heterocycles. The fourth-order valence-corrected chi connectivity index (χ4v) is 1.25. The van der Waals surface area contributed by atoms with E-state index in [9.17, 15) is 4.79 Å². The van der Waals surface area contributed by atoms with E-state index in [2.05, 4.69) is 12.0 Å². The minimum atomic E-state index is 0.210. The van der Waals surface area contributed by atoms with Gasteiger partial charge in [0.15, 0.2) is 5.78 Å². The van der Waals surface area contributed by atoms with Crippen molar-refractivity contribution in [2.45, 2.75) is 32.6 Å². The van der Waals surface area contributed by atoms with E-state index in [4.69, 9.17) is 0 Å². The normalized spacial score (nSPS) is 10.3. The van der Waals surface area contributed by atoms with Crippen LogP contribution in [0.4, 0.5) is 0 Å². The van der Waals surface area contributed by atoms with Crippen molar-refractivity contribution in [1.82, 2.24) is 9.78 Å². The Balaban J connectivity index is 2.40. The minimum absolute atomic E-state index is 0.210. The molecule has 72 valence electrons. The summed E-state index contributed by atoms with van der Waals surface area (Å²) in [7, 11) is 1.82. The molecule has 0 spiro atoms. The summed E-state index contributed by atoms with van der Waals surface area (Å²) in [5.41, 5.74) is 0.735. The Morgan fingerprint density at radius 1 is 1.54 bits per heavy atom. The highest BCUT2D eigenvalue weighted by atomic mass is 16.1. The second-order valence-electron chi connectivity index (χ2n) is 3.28. The number of aromatic nitrogens is 2. The highest BCUT2D eigenvalue weighted by molar-refractivity contribution is 5.95. The van der Waals surface area contributed by atoms with Crippen LogP contribution < -0.4 is 0 Å². The highest BCUT2D eigenvalue weighted by Gasteiger charge is 2.06. The summed E-state index contributed by atoms with van der Waals surface area (Å²) in [4.78, 5) is 11.5. The summed E-state index contributed by atoms with van der Waals surface area (Å²) in [6, 6.07) is 0. The second-order valence-corrected chi connectivity index (χ2v) is 3.28. The van der Waals surface area contributed by atoms with Gasteiger partial charge in [0.2, 0.25) is 0 Å². The first kappa shape index (κ1) is 9.96. The van der Waals surface area contributed by atoms with Gasteiger partial charge in [-0.05, 0) is 6.42 Å².